The normalized spacial score (nSPS) is 10.2. The molecule has 0 aliphatic rings. The summed E-state index contributed by atoms with van der Waals surface area (Å²) in [6, 6.07) is 13.7. The molecule has 15 heavy (non-hydrogen) atoms. The van der Waals surface area contributed by atoms with Crippen molar-refractivity contribution in [3.05, 3.63) is 46.0 Å². The van der Waals surface area contributed by atoms with E-state index in [1.54, 1.807) is 0 Å². The van der Waals surface area contributed by atoms with Crippen LogP contribution in [0.4, 0.5) is 11.4 Å². The molecule has 0 saturated heterocycles. The second-order valence-corrected chi connectivity index (χ2v) is 4.45. The number of anilines is 2. The summed E-state index contributed by atoms with van der Waals surface area (Å²) in [5.74, 6) is 0. The molecule has 0 aromatic heterocycles. The lowest BCUT2D eigenvalue weighted by atomic mass is 10.0. The van der Waals surface area contributed by atoms with Gasteiger partial charge < -0.3 is 11.5 Å². The minimum absolute atomic E-state index is 0.721. The maximum Gasteiger partial charge on any atom is 0.0415 e. The predicted molar refractivity (Wildman–Crippen MR) is 73.4 cm³/mol. The topological polar surface area (TPSA) is 52.0 Å². The molecular formula is C12H11IN2. The van der Waals surface area contributed by atoms with Crippen LogP contribution < -0.4 is 11.5 Å². The van der Waals surface area contributed by atoms with Gasteiger partial charge in [0.2, 0.25) is 0 Å². The van der Waals surface area contributed by atoms with Gasteiger partial charge in [-0.1, -0.05) is 24.3 Å². The third-order valence-corrected chi connectivity index (χ3v) is 3.21. The van der Waals surface area contributed by atoms with E-state index < -0.39 is 0 Å². The summed E-state index contributed by atoms with van der Waals surface area (Å²) in [5, 5.41) is 0. The van der Waals surface area contributed by atoms with Crippen LogP contribution in [0.2, 0.25) is 0 Å². The lowest BCUT2D eigenvalue weighted by Gasteiger charge is -2.10. The predicted octanol–water partition coefficient (Wildman–Crippen LogP) is 3.12. The van der Waals surface area contributed by atoms with Crippen LogP contribution >= 0.6 is 22.6 Å². The van der Waals surface area contributed by atoms with Crippen LogP contribution in [0.3, 0.4) is 0 Å². The Balaban J connectivity index is 2.69. The molecule has 2 rings (SSSR count). The number of rotatable bonds is 1. The van der Waals surface area contributed by atoms with Gasteiger partial charge >= 0.3 is 0 Å². The Morgan fingerprint density at radius 3 is 2.00 bits per heavy atom. The molecule has 0 amide bonds. The molecule has 0 atom stereocenters. The number of benzene rings is 2. The van der Waals surface area contributed by atoms with Crippen LogP contribution in [0.1, 0.15) is 0 Å². The zero-order chi connectivity index (χ0) is 10.8. The molecule has 0 saturated carbocycles. The van der Waals surface area contributed by atoms with Crippen molar-refractivity contribution in [2.24, 2.45) is 0 Å². The average Bonchev–Trinajstić information content (AvgIpc) is 2.20. The van der Waals surface area contributed by atoms with E-state index in [1.807, 2.05) is 42.5 Å². The number of halogens is 1. The first kappa shape index (κ1) is 10.3. The summed E-state index contributed by atoms with van der Waals surface area (Å²) in [6.45, 7) is 0. The van der Waals surface area contributed by atoms with Gasteiger partial charge in [-0.15, -0.1) is 0 Å². The third kappa shape index (κ3) is 1.92. The van der Waals surface area contributed by atoms with Gasteiger partial charge in [0, 0.05) is 20.5 Å². The quantitative estimate of drug-likeness (QED) is 0.628. The molecule has 2 aromatic rings. The Bertz CT molecular complexity index is 474. The van der Waals surface area contributed by atoms with Gasteiger partial charge in [-0.25, -0.2) is 0 Å². The van der Waals surface area contributed by atoms with Crippen molar-refractivity contribution in [2.45, 2.75) is 0 Å². The molecule has 2 aromatic carbocycles. The van der Waals surface area contributed by atoms with Crippen molar-refractivity contribution in [1.29, 1.82) is 0 Å². The minimum atomic E-state index is 0.721. The van der Waals surface area contributed by atoms with Gasteiger partial charge in [0.25, 0.3) is 0 Å². The minimum Gasteiger partial charge on any atom is -0.398 e. The highest BCUT2D eigenvalue weighted by atomic mass is 127. The largest absolute Gasteiger partial charge is 0.398 e. The standard InChI is InChI=1S/C12H11IN2/c13-9-5-2-1-4-8(9)12-10(14)6-3-7-11(12)15/h1-7H,14-15H2. The van der Waals surface area contributed by atoms with Crippen LogP contribution in [0, 0.1) is 3.57 Å². The summed E-state index contributed by atoms with van der Waals surface area (Å²) < 4.78 is 1.15. The van der Waals surface area contributed by atoms with E-state index in [2.05, 4.69) is 22.6 Å². The smallest absolute Gasteiger partial charge is 0.0415 e. The zero-order valence-electron chi connectivity index (χ0n) is 8.07. The molecule has 0 bridgehead atoms. The number of nitrogens with two attached hydrogens (primary N) is 2. The SMILES string of the molecule is Nc1cccc(N)c1-c1ccccc1I. The molecule has 0 unspecified atom stereocenters. The molecule has 0 spiro atoms. The Hall–Kier alpha value is -1.23. The lowest BCUT2D eigenvalue weighted by Crippen LogP contribution is -1.96. The fraction of sp³-hybridized carbons (Fsp3) is 0. The first-order valence-corrected chi connectivity index (χ1v) is 5.67. The van der Waals surface area contributed by atoms with Crippen molar-refractivity contribution in [3.63, 3.8) is 0 Å². The van der Waals surface area contributed by atoms with Crippen molar-refractivity contribution >= 4 is 34.0 Å². The van der Waals surface area contributed by atoms with E-state index in [4.69, 9.17) is 11.5 Å². The van der Waals surface area contributed by atoms with Crippen LogP contribution in [0.5, 0.6) is 0 Å². The summed E-state index contributed by atoms with van der Waals surface area (Å²) in [7, 11) is 0. The Morgan fingerprint density at radius 2 is 1.40 bits per heavy atom. The first-order valence-electron chi connectivity index (χ1n) is 4.59. The molecule has 2 nitrogen and oxygen atoms in total. The first-order chi connectivity index (χ1) is 7.20. The van der Waals surface area contributed by atoms with E-state index in [-0.39, 0.29) is 0 Å². The van der Waals surface area contributed by atoms with E-state index in [1.165, 1.54) is 0 Å². The number of nitrogen functional groups attached to an aromatic ring is 2. The van der Waals surface area contributed by atoms with Gasteiger partial charge in [-0.2, -0.15) is 0 Å². The van der Waals surface area contributed by atoms with Crippen molar-refractivity contribution in [3.8, 4) is 11.1 Å². The van der Waals surface area contributed by atoms with Crippen LogP contribution in [-0.2, 0) is 0 Å². The Labute approximate surface area is 102 Å². The van der Waals surface area contributed by atoms with Gasteiger partial charge in [-0.3, -0.25) is 0 Å². The molecule has 0 aliphatic carbocycles. The van der Waals surface area contributed by atoms with Gasteiger partial charge in [-0.05, 0) is 46.4 Å². The maximum absolute atomic E-state index is 5.94. The molecule has 0 heterocycles. The fourth-order valence-corrected chi connectivity index (χ4v) is 2.22. The zero-order valence-corrected chi connectivity index (χ0v) is 10.2. The van der Waals surface area contributed by atoms with Crippen LogP contribution in [-0.4, -0.2) is 0 Å². The molecule has 0 fully saturated rings. The van der Waals surface area contributed by atoms with E-state index in [9.17, 15) is 0 Å². The molecule has 76 valence electrons. The second kappa shape index (κ2) is 4.10. The molecule has 0 aliphatic heterocycles. The maximum atomic E-state index is 5.94. The highest BCUT2D eigenvalue weighted by Gasteiger charge is 2.08. The van der Waals surface area contributed by atoms with E-state index in [0.717, 1.165) is 26.1 Å². The lowest BCUT2D eigenvalue weighted by molar-refractivity contribution is 1.57. The van der Waals surface area contributed by atoms with Gasteiger partial charge in [0.1, 0.15) is 0 Å². The average molecular weight is 310 g/mol. The van der Waals surface area contributed by atoms with Crippen molar-refractivity contribution in [1.82, 2.24) is 0 Å². The number of hydrogen-bond acceptors (Lipinski definition) is 2. The highest BCUT2D eigenvalue weighted by molar-refractivity contribution is 14.1. The summed E-state index contributed by atoms with van der Waals surface area (Å²) in [4.78, 5) is 0. The van der Waals surface area contributed by atoms with Crippen molar-refractivity contribution in [2.75, 3.05) is 11.5 Å². The Morgan fingerprint density at radius 1 is 0.800 bits per heavy atom. The fourth-order valence-electron chi connectivity index (χ4n) is 1.56. The summed E-state index contributed by atoms with van der Waals surface area (Å²) in [5.41, 5.74) is 15.3. The molecular weight excluding hydrogens is 299 g/mol. The van der Waals surface area contributed by atoms with Crippen LogP contribution in [0.25, 0.3) is 11.1 Å². The number of hydrogen-bond donors (Lipinski definition) is 2. The van der Waals surface area contributed by atoms with Gasteiger partial charge in [0.05, 0.1) is 0 Å². The summed E-state index contributed by atoms with van der Waals surface area (Å²) in [6.07, 6.45) is 0. The molecule has 4 N–H and O–H groups in total. The monoisotopic (exact) mass is 310 g/mol. The highest BCUT2D eigenvalue weighted by Crippen LogP contribution is 2.34. The molecule has 3 heteroatoms. The van der Waals surface area contributed by atoms with Crippen molar-refractivity contribution < 1.29 is 0 Å². The van der Waals surface area contributed by atoms with E-state index in [0.29, 0.717) is 0 Å². The molecule has 0 radical (unpaired) electrons. The summed E-state index contributed by atoms with van der Waals surface area (Å²) >= 11 is 2.29. The second-order valence-electron chi connectivity index (χ2n) is 3.29. The van der Waals surface area contributed by atoms with Gasteiger partial charge in [0.15, 0.2) is 0 Å². The van der Waals surface area contributed by atoms with E-state index >= 15 is 0 Å². The Kier molecular flexibility index (Phi) is 2.81. The third-order valence-electron chi connectivity index (χ3n) is 2.27. The van der Waals surface area contributed by atoms with Crippen LogP contribution in [0.15, 0.2) is 42.5 Å².